The number of aryl methyl sites for hydroxylation is 2. The molecule has 0 spiro atoms. The molecule has 1 aromatic carbocycles. The maximum absolute atomic E-state index is 13.8. The lowest BCUT2D eigenvalue weighted by atomic mass is 10.2. The number of aromatic nitrogens is 3. The first-order chi connectivity index (χ1) is 10.1. The second-order valence-corrected chi connectivity index (χ2v) is 4.99. The van der Waals surface area contributed by atoms with Crippen LogP contribution in [0.25, 0.3) is 11.0 Å². The molecule has 3 aromatic rings. The summed E-state index contributed by atoms with van der Waals surface area (Å²) in [5.41, 5.74) is 2.75. The monoisotopic (exact) mass is 287 g/mol. The number of rotatable bonds is 3. The van der Waals surface area contributed by atoms with Crippen LogP contribution in [-0.4, -0.2) is 14.8 Å². The first kappa shape index (κ1) is 13.7. The molecule has 0 amide bonds. The van der Waals surface area contributed by atoms with Crippen LogP contribution < -0.4 is 0 Å². The second kappa shape index (κ2) is 5.24. The van der Waals surface area contributed by atoms with Crippen molar-refractivity contribution in [3.8, 4) is 0 Å². The summed E-state index contributed by atoms with van der Waals surface area (Å²) in [5.74, 6) is -1.67. The topological polar surface area (TPSA) is 30.7 Å². The molecule has 3 nitrogen and oxygen atoms in total. The molecular weight excluding hydrogens is 272 g/mol. The standard InChI is InChI=1S/C16H15F2N3/c1-3-14-12-8-7-10(2)19-16(12)21(20-14)9-11-5-4-6-13(17)15(11)18/h4-8H,3,9H2,1-2H3. The Balaban J connectivity index is 2.12. The predicted octanol–water partition coefficient (Wildman–Crippen LogP) is 3.63. The van der Waals surface area contributed by atoms with Crippen molar-refractivity contribution in [2.45, 2.75) is 26.8 Å². The second-order valence-electron chi connectivity index (χ2n) is 4.99. The molecule has 0 aliphatic rings. The Morgan fingerprint density at radius 2 is 1.95 bits per heavy atom. The Bertz CT molecular complexity index is 809. The van der Waals surface area contributed by atoms with E-state index in [0.717, 1.165) is 29.3 Å². The van der Waals surface area contributed by atoms with Crippen molar-refractivity contribution in [2.75, 3.05) is 0 Å². The van der Waals surface area contributed by atoms with Crippen LogP contribution in [0, 0.1) is 18.6 Å². The number of fused-ring (bicyclic) bond motifs is 1. The van der Waals surface area contributed by atoms with E-state index in [1.807, 2.05) is 26.0 Å². The highest BCUT2D eigenvalue weighted by Gasteiger charge is 2.14. The fourth-order valence-electron chi connectivity index (χ4n) is 2.42. The molecular formula is C16H15F2N3. The van der Waals surface area contributed by atoms with E-state index in [-0.39, 0.29) is 12.1 Å². The van der Waals surface area contributed by atoms with Crippen LogP contribution in [0.1, 0.15) is 23.9 Å². The van der Waals surface area contributed by atoms with Crippen LogP contribution >= 0.6 is 0 Å². The summed E-state index contributed by atoms with van der Waals surface area (Å²) in [6.45, 7) is 4.07. The van der Waals surface area contributed by atoms with Gasteiger partial charge in [0.05, 0.1) is 12.2 Å². The number of hydrogen-bond acceptors (Lipinski definition) is 2. The van der Waals surface area contributed by atoms with Gasteiger partial charge >= 0.3 is 0 Å². The van der Waals surface area contributed by atoms with Gasteiger partial charge in [-0.25, -0.2) is 18.4 Å². The van der Waals surface area contributed by atoms with Gasteiger partial charge in [-0.1, -0.05) is 19.1 Å². The van der Waals surface area contributed by atoms with Crippen LogP contribution in [0.2, 0.25) is 0 Å². The molecule has 3 rings (SSSR count). The summed E-state index contributed by atoms with van der Waals surface area (Å²) in [4.78, 5) is 4.48. The van der Waals surface area contributed by atoms with Crippen molar-refractivity contribution < 1.29 is 8.78 Å². The van der Waals surface area contributed by atoms with Gasteiger partial charge in [0.2, 0.25) is 0 Å². The molecule has 2 heterocycles. The molecule has 0 atom stereocenters. The van der Waals surface area contributed by atoms with Crippen LogP contribution in [0.3, 0.4) is 0 Å². The maximum Gasteiger partial charge on any atom is 0.163 e. The smallest absolute Gasteiger partial charge is 0.163 e. The highest BCUT2D eigenvalue weighted by Crippen LogP contribution is 2.20. The lowest BCUT2D eigenvalue weighted by Gasteiger charge is -2.05. The molecule has 0 saturated carbocycles. The molecule has 5 heteroatoms. The third-order valence-corrected chi connectivity index (χ3v) is 3.50. The van der Waals surface area contributed by atoms with Crippen molar-refractivity contribution in [1.29, 1.82) is 0 Å². The lowest BCUT2D eigenvalue weighted by Crippen LogP contribution is -2.06. The SMILES string of the molecule is CCc1nn(Cc2cccc(F)c2F)c2nc(C)ccc12. The Hall–Kier alpha value is -2.30. The van der Waals surface area contributed by atoms with Gasteiger partial charge < -0.3 is 0 Å². The molecule has 0 bridgehead atoms. The third kappa shape index (κ3) is 2.39. The van der Waals surface area contributed by atoms with Crippen LogP contribution in [0.4, 0.5) is 8.78 Å². The molecule has 2 aromatic heterocycles. The molecule has 0 aliphatic heterocycles. The molecule has 108 valence electrons. The molecule has 0 unspecified atom stereocenters. The van der Waals surface area contributed by atoms with Gasteiger partial charge in [-0.05, 0) is 31.5 Å². The van der Waals surface area contributed by atoms with E-state index in [2.05, 4.69) is 10.1 Å². The van der Waals surface area contributed by atoms with E-state index in [0.29, 0.717) is 5.65 Å². The van der Waals surface area contributed by atoms with Gasteiger partial charge in [-0.15, -0.1) is 0 Å². The molecule has 0 aliphatic carbocycles. The summed E-state index contributed by atoms with van der Waals surface area (Å²) in [5, 5.41) is 5.44. The summed E-state index contributed by atoms with van der Waals surface area (Å²) in [6, 6.07) is 8.07. The van der Waals surface area contributed by atoms with Crippen LogP contribution in [0.5, 0.6) is 0 Å². The Morgan fingerprint density at radius 3 is 2.71 bits per heavy atom. The van der Waals surface area contributed by atoms with E-state index in [9.17, 15) is 8.78 Å². The van der Waals surface area contributed by atoms with E-state index < -0.39 is 11.6 Å². The third-order valence-electron chi connectivity index (χ3n) is 3.50. The average molecular weight is 287 g/mol. The van der Waals surface area contributed by atoms with Crippen LogP contribution in [-0.2, 0) is 13.0 Å². The zero-order chi connectivity index (χ0) is 15.0. The van der Waals surface area contributed by atoms with Crippen molar-refractivity contribution in [1.82, 2.24) is 14.8 Å². The number of pyridine rings is 1. The first-order valence-electron chi connectivity index (χ1n) is 6.86. The van der Waals surface area contributed by atoms with Gasteiger partial charge in [0, 0.05) is 16.6 Å². The lowest BCUT2D eigenvalue weighted by molar-refractivity contribution is 0.492. The normalized spacial score (nSPS) is 11.2. The first-order valence-corrected chi connectivity index (χ1v) is 6.86. The summed E-state index contributed by atoms with van der Waals surface area (Å²) in [6.07, 6.45) is 0.764. The zero-order valence-corrected chi connectivity index (χ0v) is 11.9. The highest BCUT2D eigenvalue weighted by atomic mass is 19.2. The highest BCUT2D eigenvalue weighted by molar-refractivity contribution is 5.78. The Labute approximate surface area is 121 Å². The number of nitrogens with zero attached hydrogens (tertiary/aromatic N) is 3. The molecule has 0 N–H and O–H groups in total. The maximum atomic E-state index is 13.8. The Kier molecular flexibility index (Phi) is 3.41. The summed E-state index contributed by atoms with van der Waals surface area (Å²) in [7, 11) is 0. The van der Waals surface area contributed by atoms with E-state index >= 15 is 0 Å². The van der Waals surface area contributed by atoms with Crippen molar-refractivity contribution in [3.05, 3.63) is 58.9 Å². The van der Waals surface area contributed by atoms with Crippen molar-refractivity contribution in [2.24, 2.45) is 0 Å². The summed E-state index contributed by atoms with van der Waals surface area (Å²) < 4.78 is 28.8. The van der Waals surface area contributed by atoms with Gasteiger partial charge in [0.1, 0.15) is 0 Å². The minimum absolute atomic E-state index is 0.163. The molecule has 0 radical (unpaired) electrons. The average Bonchev–Trinajstić information content (AvgIpc) is 2.81. The number of benzene rings is 1. The van der Waals surface area contributed by atoms with E-state index in [1.54, 1.807) is 10.7 Å². The number of halogens is 2. The van der Waals surface area contributed by atoms with Gasteiger partial charge in [0.15, 0.2) is 17.3 Å². The van der Waals surface area contributed by atoms with Crippen molar-refractivity contribution in [3.63, 3.8) is 0 Å². The minimum Gasteiger partial charge on any atom is -0.242 e. The van der Waals surface area contributed by atoms with E-state index in [4.69, 9.17) is 0 Å². The molecule has 0 saturated heterocycles. The van der Waals surface area contributed by atoms with Crippen molar-refractivity contribution >= 4 is 11.0 Å². The molecule has 0 fully saturated rings. The fourth-order valence-corrected chi connectivity index (χ4v) is 2.42. The van der Waals surface area contributed by atoms with E-state index in [1.165, 1.54) is 6.07 Å². The molecule has 21 heavy (non-hydrogen) atoms. The Morgan fingerprint density at radius 1 is 1.14 bits per heavy atom. The zero-order valence-electron chi connectivity index (χ0n) is 11.9. The largest absolute Gasteiger partial charge is 0.242 e. The predicted molar refractivity (Wildman–Crippen MR) is 77.1 cm³/mol. The van der Waals surface area contributed by atoms with Gasteiger partial charge in [0.25, 0.3) is 0 Å². The quantitative estimate of drug-likeness (QED) is 0.736. The van der Waals surface area contributed by atoms with Gasteiger partial charge in [-0.3, -0.25) is 0 Å². The summed E-state index contributed by atoms with van der Waals surface area (Å²) >= 11 is 0. The van der Waals surface area contributed by atoms with Crippen LogP contribution in [0.15, 0.2) is 30.3 Å². The number of hydrogen-bond donors (Lipinski definition) is 0. The minimum atomic E-state index is -0.844. The fraction of sp³-hybridized carbons (Fsp3) is 0.250. The van der Waals surface area contributed by atoms with Gasteiger partial charge in [-0.2, -0.15) is 5.10 Å².